The fraction of sp³-hybridized carbons (Fsp3) is 0.261. The second-order valence-corrected chi connectivity index (χ2v) is 7.16. The summed E-state index contributed by atoms with van der Waals surface area (Å²) in [6.07, 6.45) is 0.358. The third-order valence-corrected chi connectivity index (χ3v) is 4.94. The number of hydrogen-bond acceptors (Lipinski definition) is 5. The van der Waals surface area contributed by atoms with Crippen LogP contribution in [0.1, 0.15) is 11.1 Å². The standard InChI is InChI=1S/C23H24N4O2/c1-17-2-4-18(5-3-17)16-23(28)24-20-8-6-19(7-9-20)21-10-11-22(26-25-21)27-12-14-29-15-13-27/h2-11H,12-16H2,1H3,(H,24,28). The Hall–Kier alpha value is -3.25. The maximum Gasteiger partial charge on any atom is 0.228 e. The Morgan fingerprint density at radius 1 is 0.966 bits per heavy atom. The topological polar surface area (TPSA) is 67.4 Å². The molecule has 0 radical (unpaired) electrons. The molecule has 29 heavy (non-hydrogen) atoms. The number of ether oxygens (including phenoxy) is 1. The molecule has 6 heteroatoms. The minimum absolute atomic E-state index is 0.0312. The van der Waals surface area contributed by atoms with Crippen LogP contribution in [0.25, 0.3) is 11.3 Å². The molecule has 1 aliphatic rings. The molecule has 1 aliphatic heterocycles. The van der Waals surface area contributed by atoms with E-state index >= 15 is 0 Å². The van der Waals surface area contributed by atoms with Gasteiger partial charge in [0.1, 0.15) is 0 Å². The van der Waals surface area contributed by atoms with Gasteiger partial charge in [-0.2, -0.15) is 0 Å². The number of amides is 1. The second kappa shape index (κ2) is 8.84. The van der Waals surface area contributed by atoms with Gasteiger partial charge in [-0.15, -0.1) is 10.2 Å². The Bertz CT molecular complexity index is 948. The zero-order valence-electron chi connectivity index (χ0n) is 16.5. The predicted molar refractivity (Wildman–Crippen MR) is 114 cm³/mol. The van der Waals surface area contributed by atoms with Crippen LogP contribution in [-0.4, -0.2) is 42.4 Å². The third kappa shape index (κ3) is 4.97. The van der Waals surface area contributed by atoms with Crippen LogP contribution in [0.2, 0.25) is 0 Å². The molecule has 148 valence electrons. The van der Waals surface area contributed by atoms with Gasteiger partial charge in [-0.3, -0.25) is 4.79 Å². The normalized spacial score (nSPS) is 13.9. The van der Waals surface area contributed by atoms with E-state index in [0.29, 0.717) is 6.42 Å². The molecule has 1 N–H and O–H groups in total. The molecule has 2 aromatic carbocycles. The van der Waals surface area contributed by atoms with Crippen LogP contribution in [0, 0.1) is 6.92 Å². The van der Waals surface area contributed by atoms with Crippen molar-refractivity contribution in [3.63, 3.8) is 0 Å². The van der Waals surface area contributed by atoms with Gasteiger partial charge in [0.05, 0.1) is 25.3 Å². The molecule has 1 aromatic heterocycles. The number of nitrogens with zero attached hydrogens (tertiary/aromatic N) is 3. The first-order valence-electron chi connectivity index (χ1n) is 9.80. The number of morpholine rings is 1. The average Bonchev–Trinajstić information content (AvgIpc) is 2.77. The summed E-state index contributed by atoms with van der Waals surface area (Å²) < 4.78 is 5.37. The number of aryl methyl sites for hydroxylation is 1. The summed E-state index contributed by atoms with van der Waals surface area (Å²) in [5, 5.41) is 11.7. The van der Waals surface area contributed by atoms with E-state index in [9.17, 15) is 4.79 Å². The quantitative estimate of drug-likeness (QED) is 0.725. The number of aromatic nitrogens is 2. The summed E-state index contributed by atoms with van der Waals surface area (Å²) in [6, 6.07) is 19.6. The largest absolute Gasteiger partial charge is 0.378 e. The van der Waals surface area contributed by atoms with E-state index in [4.69, 9.17) is 4.74 Å². The van der Waals surface area contributed by atoms with Gasteiger partial charge in [0.25, 0.3) is 0 Å². The van der Waals surface area contributed by atoms with Crippen molar-refractivity contribution in [3.8, 4) is 11.3 Å². The molecule has 0 bridgehead atoms. The van der Waals surface area contributed by atoms with Crippen molar-refractivity contribution in [3.05, 3.63) is 71.8 Å². The Labute approximate surface area is 170 Å². The molecule has 0 atom stereocenters. The van der Waals surface area contributed by atoms with Gasteiger partial charge in [-0.05, 0) is 36.8 Å². The minimum Gasteiger partial charge on any atom is -0.378 e. The third-order valence-electron chi connectivity index (χ3n) is 4.94. The molecule has 4 rings (SSSR count). The molecule has 6 nitrogen and oxygen atoms in total. The number of carbonyl (C=O) groups excluding carboxylic acids is 1. The highest BCUT2D eigenvalue weighted by molar-refractivity contribution is 5.92. The van der Waals surface area contributed by atoms with Gasteiger partial charge >= 0.3 is 0 Å². The van der Waals surface area contributed by atoms with Crippen LogP contribution < -0.4 is 10.2 Å². The van der Waals surface area contributed by atoms with Gasteiger partial charge in [0.2, 0.25) is 5.91 Å². The second-order valence-electron chi connectivity index (χ2n) is 7.16. The molecule has 0 aliphatic carbocycles. The number of rotatable bonds is 5. The summed E-state index contributed by atoms with van der Waals surface area (Å²) in [5.41, 5.74) is 4.72. The lowest BCUT2D eigenvalue weighted by atomic mass is 10.1. The smallest absolute Gasteiger partial charge is 0.228 e. The van der Waals surface area contributed by atoms with E-state index in [1.165, 1.54) is 5.56 Å². The molecule has 1 saturated heterocycles. The summed E-state index contributed by atoms with van der Waals surface area (Å²) in [6.45, 7) is 5.16. The lowest BCUT2D eigenvalue weighted by Gasteiger charge is -2.27. The highest BCUT2D eigenvalue weighted by atomic mass is 16.5. The number of hydrogen-bond donors (Lipinski definition) is 1. The number of anilines is 2. The molecule has 0 saturated carbocycles. The van der Waals surface area contributed by atoms with Crippen molar-refractivity contribution >= 4 is 17.4 Å². The minimum atomic E-state index is -0.0312. The van der Waals surface area contributed by atoms with Gasteiger partial charge in [0, 0.05) is 24.3 Å². The fourth-order valence-electron chi connectivity index (χ4n) is 3.26. The molecule has 1 amide bonds. The van der Waals surface area contributed by atoms with Crippen molar-refractivity contribution in [2.75, 3.05) is 36.5 Å². The van der Waals surface area contributed by atoms with Gasteiger partial charge in [-0.25, -0.2) is 0 Å². The Kier molecular flexibility index (Phi) is 5.81. The van der Waals surface area contributed by atoms with Crippen molar-refractivity contribution in [1.29, 1.82) is 0 Å². The molecule has 3 aromatic rings. The monoisotopic (exact) mass is 388 g/mol. The lowest BCUT2D eigenvalue weighted by molar-refractivity contribution is -0.115. The maximum atomic E-state index is 12.3. The maximum absolute atomic E-state index is 12.3. The average molecular weight is 388 g/mol. The van der Waals surface area contributed by atoms with Crippen molar-refractivity contribution in [1.82, 2.24) is 10.2 Å². The lowest BCUT2D eigenvalue weighted by Crippen LogP contribution is -2.36. The number of benzene rings is 2. The van der Waals surface area contributed by atoms with Crippen LogP contribution in [0.4, 0.5) is 11.5 Å². The SMILES string of the molecule is Cc1ccc(CC(=O)Nc2ccc(-c3ccc(N4CCOCC4)nn3)cc2)cc1. The zero-order chi connectivity index (χ0) is 20.1. The van der Waals surface area contributed by atoms with E-state index in [-0.39, 0.29) is 5.91 Å². The van der Waals surface area contributed by atoms with E-state index < -0.39 is 0 Å². The summed E-state index contributed by atoms with van der Waals surface area (Å²) in [4.78, 5) is 14.4. The Morgan fingerprint density at radius 3 is 2.34 bits per heavy atom. The van der Waals surface area contributed by atoms with Crippen molar-refractivity contribution in [2.45, 2.75) is 13.3 Å². The van der Waals surface area contributed by atoms with Gasteiger partial charge in [0.15, 0.2) is 5.82 Å². The molecule has 2 heterocycles. The van der Waals surface area contributed by atoms with Crippen LogP contribution in [0.15, 0.2) is 60.7 Å². The van der Waals surface area contributed by atoms with E-state index in [1.807, 2.05) is 67.6 Å². The molecule has 1 fully saturated rings. The molecular formula is C23H24N4O2. The first-order valence-corrected chi connectivity index (χ1v) is 9.80. The summed E-state index contributed by atoms with van der Waals surface area (Å²) in [7, 11) is 0. The molecular weight excluding hydrogens is 364 g/mol. The number of carbonyl (C=O) groups is 1. The highest BCUT2D eigenvalue weighted by Crippen LogP contribution is 2.21. The first kappa shape index (κ1) is 19.1. The van der Waals surface area contributed by atoms with Crippen LogP contribution in [-0.2, 0) is 16.0 Å². The fourth-order valence-corrected chi connectivity index (χ4v) is 3.26. The summed E-state index contributed by atoms with van der Waals surface area (Å²) in [5.74, 6) is 0.841. The van der Waals surface area contributed by atoms with Gasteiger partial charge < -0.3 is 15.0 Å². The zero-order valence-corrected chi connectivity index (χ0v) is 16.5. The Morgan fingerprint density at radius 2 is 1.69 bits per heavy atom. The van der Waals surface area contributed by atoms with E-state index in [1.54, 1.807) is 0 Å². The number of nitrogens with one attached hydrogen (secondary N) is 1. The van der Waals surface area contributed by atoms with Crippen LogP contribution in [0.5, 0.6) is 0 Å². The molecule has 0 spiro atoms. The van der Waals surface area contributed by atoms with Crippen molar-refractivity contribution in [2.24, 2.45) is 0 Å². The van der Waals surface area contributed by atoms with Crippen molar-refractivity contribution < 1.29 is 9.53 Å². The molecule has 0 unspecified atom stereocenters. The van der Waals surface area contributed by atoms with Crippen LogP contribution >= 0.6 is 0 Å². The highest BCUT2D eigenvalue weighted by Gasteiger charge is 2.13. The van der Waals surface area contributed by atoms with E-state index in [2.05, 4.69) is 20.4 Å². The first-order chi connectivity index (χ1) is 14.2. The van der Waals surface area contributed by atoms with E-state index in [0.717, 1.165) is 54.6 Å². The van der Waals surface area contributed by atoms with Crippen LogP contribution in [0.3, 0.4) is 0 Å². The Balaban J connectivity index is 1.37. The predicted octanol–water partition coefficient (Wildman–Crippen LogP) is 3.47. The van der Waals surface area contributed by atoms with Gasteiger partial charge in [-0.1, -0.05) is 42.0 Å². The summed E-state index contributed by atoms with van der Waals surface area (Å²) >= 11 is 0.